The maximum atomic E-state index is 14.0. The van der Waals surface area contributed by atoms with E-state index in [4.69, 9.17) is 10.7 Å². The van der Waals surface area contributed by atoms with Crippen LogP contribution in [0.1, 0.15) is 57.5 Å². The number of amides is 2. The number of aromatic nitrogens is 2. The number of carbonyl (C=O) groups is 1. The van der Waals surface area contributed by atoms with Crippen LogP contribution in [0.3, 0.4) is 0 Å². The number of nitrogens with zero attached hydrogens (tertiary/aromatic N) is 4. The minimum Gasteiger partial charge on any atom is -0.391 e. The number of aliphatic hydroxyl groups is 1. The molecule has 1 aromatic heterocycles. The molecule has 198 valence electrons. The number of rotatable bonds is 8. The lowest BCUT2D eigenvalue weighted by atomic mass is 9.84. The zero-order chi connectivity index (χ0) is 26.4. The third-order valence-corrected chi connectivity index (χ3v) is 6.97. The number of urea groups is 1. The predicted molar refractivity (Wildman–Crippen MR) is 148 cm³/mol. The van der Waals surface area contributed by atoms with Crippen molar-refractivity contribution >= 4 is 6.03 Å². The molecule has 2 amide bonds. The molecule has 0 bridgehead atoms. The van der Waals surface area contributed by atoms with Gasteiger partial charge in [0.15, 0.2) is 0 Å². The lowest BCUT2D eigenvalue weighted by Crippen LogP contribution is -2.52. The summed E-state index contributed by atoms with van der Waals surface area (Å²) in [4.78, 5) is 23.0. The lowest BCUT2D eigenvalue weighted by molar-refractivity contribution is 0.0475. The number of likely N-dealkylation sites (tertiary alicyclic amines) is 1. The van der Waals surface area contributed by atoms with E-state index in [-0.39, 0.29) is 17.5 Å². The van der Waals surface area contributed by atoms with Gasteiger partial charge in [-0.05, 0) is 36.8 Å². The van der Waals surface area contributed by atoms with Crippen molar-refractivity contribution in [2.24, 2.45) is 11.1 Å². The predicted octanol–water partition coefficient (Wildman–Crippen LogP) is 4.91. The Hall–Kier alpha value is -3.16. The Kier molecular flexibility index (Phi) is 8.67. The van der Waals surface area contributed by atoms with E-state index in [9.17, 15) is 9.90 Å². The van der Waals surface area contributed by atoms with Crippen LogP contribution in [0.2, 0.25) is 0 Å². The third-order valence-electron chi connectivity index (χ3n) is 6.97. The van der Waals surface area contributed by atoms with Crippen molar-refractivity contribution < 1.29 is 9.90 Å². The number of nitrogens with two attached hydrogens (primary N) is 1. The van der Waals surface area contributed by atoms with Crippen LogP contribution in [0.25, 0.3) is 11.3 Å². The highest BCUT2D eigenvalue weighted by molar-refractivity contribution is 5.75. The molecule has 0 saturated carbocycles. The highest BCUT2D eigenvalue weighted by Crippen LogP contribution is 2.40. The molecule has 7 nitrogen and oxygen atoms in total. The van der Waals surface area contributed by atoms with Crippen molar-refractivity contribution in [3.8, 4) is 11.3 Å². The summed E-state index contributed by atoms with van der Waals surface area (Å²) in [5, 5.41) is 10.3. The summed E-state index contributed by atoms with van der Waals surface area (Å²) in [7, 11) is 0. The topological polar surface area (TPSA) is 87.6 Å². The van der Waals surface area contributed by atoms with Crippen molar-refractivity contribution in [1.82, 2.24) is 19.4 Å². The summed E-state index contributed by atoms with van der Waals surface area (Å²) in [6.45, 7) is 9.19. The first-order valence-corrected chi connectivity index (χ1v) is 13.4. The summed E-state index contributed by atoms with van der Waals surface area (Å²) < 4.78 is 2.20. The van der Waals surface area contributed by atoms with E-state index in [0.717, 1.165) is 29.9 Å². The Labute approximate surface area is 220 Å². The van der Waals surface area contributed by atoms with Gasteiger partial charge in [-0.25, -0.2) is 9.78 Å². The van der Waals surface area contributed by atoms with Crippen LogP contribution in [0.5, 0.6) is 0 Å². The fourth-order valence-electron chi connectivity index (χ4n) is 5.20. The molecule has 1 aliphatic rings. The SMILES string of the molecule is CC(C)(C)[C@H](c1nc(-c2ccccc2)cn1Cc1ccccc1)N(CCCN)C(=O)N1CCC[C@@H](O)C1. The standard InChI is InChI=1S/C30H41N5O2/c1-30(2,3)27(35(19-11-17-31)29(37)33-18-10-16-25(36)21-33)28-32-26(24-14-8-5-9-15-24)22-34(28)20-23-12-6-4-7-13-23/h4-9,12-15,22,25,27,36H,10-11,16-21,31H2,1-3H3/t25-,27+/m1/s1. The first kappa shape index (κ1) is 26.9. The molecule has 0 aliphatic carbocycles. The van der Waals surface area contributed by atoms with E-state index in [2.05, 4.69) is 55.8 Å². The molecule has 2 aromatic carbocycles. The van der Waals surface area contributed by atoms with E-state index < -0.39 is 6.10 Å². The molecule has 2 heterocycles. The van der Waals surface area contributed by atoms with Gasteiger partial charge in [0.05, 0.1) is 17.8 Å². The average molecular weight is 504 g/mol. The first-order valence-electron chi connectivity index (χ1n) is 13.4. The first-order chi connectivity index (χ1) is 17.8. The van der Waals surface area contributed by atoms with Crippen LogP contribution in [-0.2, 0) is 6.54 Å². The maximum absolute atomic E-state index is 14.0. The number of hydrogen-bond acceptors (Lipinski definition) is 4. The Morgan fingerprint density at radius 1 is 1.14 bits per heavy atom. The fraction of sp³-hybridized carbons (Fsp3) is 0.467. The summed E-state index contributed by atoms with van der Waals surface area (Å²) in [6.07, 6.45) is 3.86. The molecule has 3 aromatic rings. The molecule has 2 atom stereocenters. The number of piperidine rings is 1. The number of imidazole rings is 1. The second kappa shape index (κ2) is 11.9. The van der Waals surface area contributed by atoms with Crippen LogP contribution >= 0.6 is 0 Å². The zero-order valence-corrected chi connectivity index (χ0v) is 22.4. The molecule has 1 fully saturated rings. The van der Waals surface area contributed by atoms with Crippen LogP contribution in [0, 0.1) is 5.41 Å². The molecular formula is C30H41N5O2. The van der Waals surface area contributed by atoms with Crippen LogP contribution in [-0.4, -0.2) is 62.8 Å². The number of β-amino-alcohol motifs (C(OH)–C–C–N with tert-alkyl or cyclic N) is 1. The number of hydrogen-bond donors (Lipinski definition) is 2. The Morgan fingerprint density at radius 2 is 1.81 bits per heavy atom. The molecule has 3 N–H and O–H groups in total. The van der Waals surface area contributed by atoms with E-state index in [1.807, 2.05) is 41.3 Å². The van der Waals surface area contributed by atoms with Gasteiger partial charge in [-0.2, -0.15) is 0 Å². The maximum Gasteiger partial charge on any atom is 0.320 e. The third kappa shape index (κ3) is 6.59. The fourth-order valence-corrected chi connectivity index (χ4v) is 5.20. The van der Waals surface area contributed by atoms with Gasteiger partial charge >= 0.3 is 6.03 Å². The molecule has 4 rings (SSSR count). The Morgan fingerprint density at radius 3 is 2.43 bits per heavy atom. The number of aliphatic hydroxyl groups excluding tert-OH is 1. The number of carbonyl (C=O) groups excluding carboxylic acids is 1. The highest BCUT2D eigenvalue weighted by atomic mass is 16.3. The summed E-state index contributed by atoms with van der Waals surface area (Å²) in [5.74, 6) is 0.859. The van der Waals surface area contributed by atoms with E-state index in [0.29, 0.717) is 39.1 Å². The quantitative estimate of drug-likeness (QED) is 0.457. The van der Waals surface area contributed by atoms with Crippen molar-refractivity contribution in [2.75, 3.05) is 26.2 Å². The van der Waals surface area contributed by atoms with Gasteiger partial charge in [0, 0.05) is 37.9 Å². The van der Waals surface area contributed by atoms with Gasteiger partial charge in [-0.15, -0.1) is 0 Å². The van der Waals surface area contributed by atoms with Crippen molar-refractivity contribution in [3.05, 3.63) is 78.2 Å². The lowest BCUT2D eigenvalue weighted by Gasteiger charge is -2.43. The second-order valence-electron chi connectivity index (χ2n) is 11.1. The average Bonchev–Trinajstić information content (AvgIpc) is 3.29. The largest absolute Gasteiger partial charge is 0.391 e. The number of benzene rings is 2. The Balaban J connectivity index is 1.80. The molecule has 0 unspecified atom stereocenters. The monoisotopic (exact) mass is 503 g/mol. The summed E-state index contributed by atoms with van der Waals surface area (Å²) in [5.41, 5.74) is 8.73. The van der Waals surface area contributed by atoms with Crippen LogP contribution in [0.4, 0.5) is 4.79 Å². The van der Waals surface area contributed by atoms with Crippen LogP contribution in [0.15, 0.2) is 66.9 Å². The minimum atomic E-state index is -0.480. The minimum absolute atomic E-state index is 0.0531. The second-order valence-corrected chi connectivity index (χ2v) is 11.1. The summed E-state index contributed by atoms with van der Waals surface area (Å²) >= 11 is 0. The molecule has 1 saturated heterocycles. The van der Waals surface area contributed by atoms with Gasteiger partial charge in [0.2, 0.25) is 0 Å². The van der Waals surface area contributed by atoms with Crippen molar-refractivity contribution in [1.29, 1.82) is 0 Å². The molecule has 0 spiro atoms. The van der Waals surface area contributed by atoms with Gasteiger partial charge in [-0.1, -0.05) is 81.4 Å². The van der Waals surface area contributed by atoms with Gasteiger partial charge in [0.25, 0.3) is 0 Å². The molecule has 37 heavy (non-hydrogen) atoms. The van der Waals surface area contributed by atoms with E-state index in [1.54, 1.807) is 4.90 Å². The Bertz CT molecular complexity index is 1140. The van der Waals surface area contributed by atoms with E-state index in [1.165, 1.54) is 5.56 Å². The smallest absolute Gasteiger partial charge is 0.320 e. The molecule has 7 heteroatoms. The molecular weight excluding hydrogens is 462 g/mol. The molecule has 1 aliphatic heterocycles. The highest BCUT2D eigenvalue weighted by Gasteiger charge is 2.40. The van der Waals surface area contributed by atoms with E-state index >= 15 is 0 Å². The zero-order valence-electron chi connectivity index (χ0n) is 22.4. The van der Waals surface area contributed by atoms with Crippen molar-refractivity contribution in [3.63, 3.8) is 0 Å². The van der Waals surface area contributed by atoms with Gasteiger partial charge in [-0.3, -0.25) is 0 Å². The molecule has 0 radical (unpaired) electrons. The van der Waals surface area contributed by atoms with Gasteiger partial charge < -0.3 is 25.2 Å². The van der Waals surface area contributed by atoms with Gasteiger partial charge in [0.1, 0.15) is 5.82 Å². The summed E-state index contributed by atoms with van der Waals surface area (Å²) in [6, 6.07) is 20.2. The normalized spacial score (nSPS) is 17.0. The van der Waals surface area contributed by atoms with Crippen LogP contribution < -0.4 is 5.73 Å². The van der Waals surface area contributed by atoms with Crippen molar-refractivity contribution in [2.45, 2.75) is 58.7 Å².